The number of nitrogens with one attached hydrogen (secondary N) is 1. The Morgan fingerprint density at radius 1 is 1.15 bits per heavy atom. The molecule has 0 aromatic heterocycles. The monoisotopic (exact) mass is 401 g/mol. The number of ether oxygens (including phenoxy) is 3. The second-order valence-electron chi connectivity index (χ2n) is 5.78. The summed E-state index contributed by atoms with van der Waals surface area (Å²) in [6, 6.07) is 9.36. The molecule has 0 spiro atoms. The van der Waals surface area contributed by atoms with Gasteiger partial charge in [-0.3, -0.25) is 4.79 Å². The Bertz CT molecular complexity index is 842. The topological polar surface area (TPSA) is 56.8 Å². The average molecular weight is 402 g/mol. The van der Waals surface area contributed by atoms with Crippen molar-refractivity contribution in [3.05, 3.63) is 47.0 Å². The highest BCUT2D eigenvalue weighted by atomic mass is 35.5. The van der Waals surface area contributed by atoms with Crippen molar-refractivity contribution >= 4 is 23.2 Å². The van der Waals surface area contributed by atoms with Crippen LogP contribution in [0.4, 0.5) is 18.9 Å². The largest absolute Gasteiger partial charge is 0.482 e. The SMILES string of the molecule is O=C(CCc1ccc2c(c1)OCO2)Nc1cc(Cl)ccc1OCC(F)(F)F. The molecule has 1 amide bonds. The van der Waals surface area contributed by atoms with Crippen molar-refractivity contribution in [2.45, 2.75) is 19.0 Å². The lowest BCUT2D eigenvalue weighted by molar-refractivity contribution is -0.153. The van der Waals surface area contributed by atoms with E-state index < -0.39 is 12.8 Å². The van der Waals surface area contributed by atoms with Gasteiger partial charge in [-0.25, -0.2) is 0 Å². The zero-order valence-electron chi connectivity index (χ0n) is 13.9. The fourth-order valence-corrected chi connectivity index (χ4v) is 2.62. The Balaban J connectivity index is 1.60. The maximum Gasteiger partial charge on any atom is 0.422 e. The molecule has 27 heavy (non-hydrogen) atoms. The fourth-order valence-electron chi connectivity index (χ4n) is 2.45. The normalized spacial score (nSPS) is 12.7. The van der Waals surface area contributed by atoms with Gasteiger partial charge in [-0.05, 0) is 42.3 Å². The number of amides is 1. The number of carbonyl (C=O) groups is 1. The lowest BCUT2D eigenvalue weighted by Crippen LogP contribution is -2.20. The third kappa shape index (κ3) is 5.43. The number of hydrogen-bond acceptors (Lipinski definition) is 4. The maximum absolute atomic E-state index is 12.4. The molecule has 2 aromatic carbocycles. The Hall–Kier alpha value is -2.61. The number of rotatable bonds is 6. The van der Waals surface area contributed by atoms with Crippen molar-refractivity contribution in [2.24, 2.45) is 0 Å². The minimum Gasteiger partial charge on any atom is -0.482 e. The van der Waals surface area contributed by atoms with Gasteiger partial charge >= 0.3 is 6.18 Å². The zero-order valence-corrected chi connectivity index (χ0v) is 14.7. The van der Waals surface area contributed by atoms with Crippen LogP contribution < -0.4 is 19.5 Å². The summed E-state index contributed by atoms with van der Waals surface area (Å²) < 4.78 is 52.3. The van der Waals surface area contributed by atoms with Crippen LogP contribution in [-0.2, 0) is 11.2 Å². The smallest absolute Gasteiger partial charge is 0.422 e. The van der Waals surface area contributed by atoms with Crippen LogP contribution in [-0.4, -0.2) is 25.5 Å². The van der Waals surface area contributed by atoms with E-state index in [4.69, 9.17) is 25.8 Å². The summed E-state index contributed by atoms with van der Waals surface area (Å²) in [7, 11) is 0. The molecule has 0 aliphatic carbocycles. The van der Waals surface area contributed by atoms with Crippen molar-refractivity contribution in [1.82, 2.24) is 0 Å². The summed E-state index contributed by atoms with van der Waals surface area (Å²) in [5, 5.41) is 2.80. The van der Waals surface area contributed by atoms with E-state index in [1.807, 2.05) is 6.07 Å². The minimum atomic E-state index is -4.49. The molecule has 5 nitrogen and oxygen atoms in total. The molecule has 9 heteroatoms. The van der Waals surface area contributed by atoms with Crippen LogP contribution in [0.3, 0.4) is 0 Å². The van der Waals surface area contributed by atoms with Crippen LogP contribution in [0.2, 0.25) is 5.02 Å². The van der Waals surface area contributed by atoms with Crippen LogP contribution in [0.15, 0.2) is 36.4 Å². The number of benzene rings is 2. The Kier molecular flexibility index (Phi) is 5.65. The number of carbonyl (C=O) groups excluding carboxylic acids is 1. The van der Waals surface area contributed by atoms with Gasteiger partial charge in [0.05, 0.1) is 5.69 Å². The van der Waals surface area contributed by atoms with Crippen molar-refractivity contribution in [1.29, 1.82) is 0 Å². The summed E-state index contributed by atoms with van der Waals surface area (Å²) in [6.45, 7) is -1.30. The molecular weight excluding hydrogens is 387 g/mol. The highest BCUT2D eigenvalue weighted by Crippen LogP contribution is 2.33. The summed E-state index contributed by atoms with van der Waals surface area (Å²) >= 11 is 5.86. The van der Waals surface area contributed by atoms with E-state index in [9.17, 15) is 18.0 Å². The molecule has 0 saturated carbocycles. The summed E-state index contributed by atoms with van der Waals surface area (Å²) in [6.07, 6.45) is -3.95. The summed E-state index contributed by atoms with van der Waals surface area (Å²) in [5.41, 5.74) is 0.955. The number of aryl methyl sites for hydroxylation is 1. The van der Waals surface area contributed by atoms with Gasteiger partial charge in [0.15, 0.2) is 18.1 Å². The zero-order chi connectivity index (χ0) is 19.4. The van der Waals surface area contributed by atoms with E-state index in [0.717, 1.165) is 5.56 Å². The van der Waals surface area contributed by atoms with E-state index >= 15 is 0 Å². The predicted octanol–water partition coefficient (Wildman–Crippen LogP) is 4.58. The van der Waals surface area contributed by atoms with Gasteiger partial charge in [0.1, 0.15) is 5.75 Å². The van der Waals surface area contributed by atoms with Gasteiger partial charge in [0.2, 0.25) is 12.7 Å². The van der Waals surface area contributed by atoms with E-state index in [-0.39, 0.29) is 35.6 Å². The van der Waals surface area contributed by atoms with Crippen LogP contribution in [0, 0.1) is 0 Å². The highest BCUT2D eigenvalue weighted by molar-refractivity contribution is 6.31. The van der Waals surface area contributed by atoms with Crippen molar-refractivity contribution < 1.29 is 32.2 Å². The molecule has 0 radical (unpaired) electrons. The lowest BCUT2D eigenvalue weighted by Gasteiger charge is -2.14. The molecule has 0 unspecified atom stereocenters. The Morgan fingerprint density at radius 2 is 1.93 bits per heavy atom. The van der Waals surface area contributed by atoms with Gasteiger partial charge in [-0.1, -0.05) is 17.7 Å². The molecule has 0 saturated heterocycles. The Labute approximate surface area is 158 Å². The summed E-state index contributed by atoms with van der Waals surface area (Å²) in [5.74, 6) is 0.777. The van der Waals surface area contributed by atoms with E-state index in [1.165, 1.54) is 18.2 Å². The molecule has 144 valence electrons. The number of alkyl halides is 3. The average Bonchev–Trinajstić information content (AvgIpc) is 3.06. The standard InChI is InChI=1S/C18H15ClF3NO4/c19-12-3-5-14(25-9-18(20,21)22)13(8-12)23-17(24)6-2-11-1-4-15-16(7-11)27-10-26-15/h1,3-5,7-8H,2,6,9-10H2,(H,23,24). The Morgan fingerprint density at radius 3 is 2.70 bits per heavy atom. The second kappa shape index (κ2) is 7.96. The first-order chi connectivity index (χ1) is 12.8. The first-order valence-electron chi connectivity index (χ1n) is 7.98. The fraction of sp³-hybridized carbons (Fsp3) is 0.278. The number of anilines is 1. The van der Waals surface area contributed by atoms with Crippen LogP contribution in [0.1, 0.15) is 12.0 Å². The van der Waals surface area contributed by atoms with Gasteiger partial charge < -0.3 is 19.5 Å². The van der Waals surface area contributed by atoms with Gasteiger partial charge in [0, 0.05) is 11.4 Å². The van der Waals surface area contributed by atoms with Gasteiger partial charge in [-0.15, -0.1) is 0 Å². The van der Waals surface area contributed by atoms with E-state index in [2.05, 4.69) is 5.32 Å². The first-order valence-corrected chi connectivity index (χ1v) is 8.35. The number of halogens is 4. The quantitative estimate of drug-likeness (QED) is 0.769. The van der Waals surface area contributed by atoms with Crippen molar-refractivity contribution in [2.75, 3.05) is 18.7 Å². The second-order valence-corrected chi connectivity index (χ2v) is 6.22. The first kappa shape index (κ1) is 19.2. The number of fused-ring (bicyclic) bond motifs is 1. The minimum absolute atomic E-state index is 0.0856. The lowest BCUT2D eigenvalue weighted by atomic mass is 10.1. The number of hydrogen-bond donors (Lipinski definition) is 1. The molecular formula is C18H15ClF3NO4. The van der Waals surface area contributed by atoms with E-state index in [1.54, 1.807) is 12.1 Å². The van der Waals surface area contributed by atoms with Crippen LogP contribution >= 0.6 is 11.6 Å². The predicted molar refractivity (Wildman–Crippen MR) is 92.5 cm³/mol. The third-order valence-electron chi connectivity index (χ3n) is 3.68. The maximum atomic E-state index is 12.4. The molecule has 1 heterocycles. The third-order valence-corrected chi connectivity index (χ3v) is 3.92. The molecule has 3 rings (SSSR count). The van der Waals surface area contributed by atoms with Gasteiger partial charge in [0.25, 0.3) is 0 Å². The molecule has 1 aliphatic heterocycles. The molecule has 1 aliphatic rings. The van der Waals surface area contributed by atoms with Gasteiger partial charge in [-0.2, -0.15) is 13.2 Å². The molecule has 0 bridgehead atoms. The van der Waals surface area contributed by atoms with Crippen LogP contribution in [0.25, 0.3) is 0 Å². The molecule has 2 aromatic rings. The van der Waals surface area contributed by atoms with Crippen LogP contribution in [0.5, 0.6) is 17.2 Å². The molecule has 0 atom stereocenters. The van der Waals surface area contributed by atoms with E-state index in [0.29, 0.717) is 17.9 Å². The molecule has 0 fully saturated rings. The summed E-state index contributed by atoms with van der Waals surface area (Å²) in [4.78, 5) is 12.2. The highest BCUT2D eigenvalue weighted by Gasteiger charge is 2.29. The van der Waals surface area contributed by atoms with Crippen molar-refractivity contribution in [3.63, 3.8) is 0 Å². The molecule has 1 N–H and O–H groups in total. The van der Waals surface area contributed by atoms with Crippen molar-refractivity contribution in [3.8, 4) is 17.2 Å².